The third-order valence-corrected chi connectivity index (χ3v) is 4.12. The van der Waals surface area contributed by atoms with Crippen LogP contribution in [-0.2, 0) is 11.3 Å². The van der Waals surface area contributed by atoms with Crippen molar-refractivity contribution in [3.05, 3.63) is 66.4 Å². The molecular weight excluding hydrogens is 352 g/mol. The van der Waals surface area contributed by atoms with Crippen molar-refractivity contribution in [2.45, 2.75) is 13.0 Å². The number of nitriles is 2. The second kappa shape index (κ2) is 9.07. The van der Waals surface area contributed by atoms with E-state index in [9.17, 15) is 4.79 Å². The number of aryl methyl sites for hydroxylation is 1. The van der Waals surface area contributed by atoms with E-state index in [0.717, 1.165) is 16.5 Å². The summed E-state index contributed by atoms with van der Waals surface area (Å²) in [5, 5.41) is 21.2. The fourth-order valence-electron chi connectivity index (χ4n) is 2.86. The second-order valence-electron chi connectivity index (χ2n) is 6.00. The highest BCUT2D eigenvalue weighted by molar-refractivity contribution is 6.03. The summed E-state index contributed by atoms with van der Waals surface area (Å²) in [5.41, 5.74) is 2.59. The number of carbonyl (C=O) groups is 1. The molecule has 0 aliphatic heterocycles. The molecule has 0 saturated heterocycles. The Morgan fingerprint density at radius 1 is 1.11 bits per heavy atom. The van der Waals surface area contributed by atoms with E-state index in [1.807, 2.05) is 41.1 Å². The van der Waals surface area contributed by atoms with Gasteiger partial charge in [-0.3, -0.25) is 4.79 Å². The van der Waals surface area contributed by atoms with Crippen LogP contribution in [0.25, 0.3) is 17.0 Å². The molecule has 0 spiro atoms. The predicted octanol–water partition coefficient (Wildman–Crippen LogP) is 4.11. The number of nitrogens with zero attached hydrogens (tertiary/aromatic N) is 3. The Morgan fingerprint density at radius 2 is 1.89 bits per heavy atom. The molecule has 0 radical (unpaired) electrons. The summed E-state index contributed by atoms with van der Waals surface area (Å²) >= 11 is 0. The molecule has 1 N–H and O–H groups in total. The number of aromatic nitrogens is 1. The highest BCUT2D eigenvalue weighted by Crippen LogP contribution is 2.23. The first-order chi connectivity index (χ1) is 13.7. The van der Waals surface area contributed by atoms with Crippen molar-refractivity contribution in [1.29, 1.82) is 10.5 Å². The highest BCUT2D eigenvalue weighted by atomic mass is 16.5. The molecule has 0 aliphatic rings. The molecule has 6 heteroatoms. The Hall–Kier alpha value is -4.03. The Balaban J connectivity index is 1.70. The molecule has 0 saturated carbocycles. The van der Waals surface area contributed by atoms with Crippen LogP contribution in [0.2, 0.25) is 0 Å². The van der Waals surface area contributed by atoms with E-state index in [1.54, 1.807) is 30.3 Å². The lowest BCUT2D eigenvalue weighted by atomic mass is 10.1. The van der Waals surface area contributed by atoms with E-state index < -0.39 is 0 Å². The minimum atomic E-state index is -0.250. The Morgan fingerprint density at radius 3 is 2.64 bits per heavy atom. The molecule has 0 unspecified atom stereocenters. The molecule has 3 aromatic rings. The minimum Gasteiger partial charge on any atom is -0.479 e. The smallest absolute Gasteiger partial charge is 0.248 e. The van der Waals surface area contributed by atoms with E-state index >= 15 is 0 Å². The number of para-hydroxylation sites is 1. The number of amides is 1. The number of fused-ring (bicyclic) bond motifs is 1. The van der Waals surface area contributed by atoms with Gasteiger partial charge in [-0.2, -0.15) is 10.5 Å². The van der Waals surface area contributed by atoms with Gasteiger partial charge in [0.05, 0.1) is 12.5 Å². The van der Waals surface area contributed by atoms with Crippen LogP contribution in [0, 0.1) is 22.7 Å². The van der Waals surface area contributed by atoms with E-state index in [-0.39, 0.29) is 12.5 Å². The predicted molar refractivity (Wildman–Crippen MR) is 107 cm³/mol. The third-order valence-electron chi connectivity index (χ3n) is 4.12. The maximum Gasteiger partial charge on any atom is 0.248 e. The first kappa shape index (κ1) is 18.8. The molecule has 6 nitrogen and oxygen atoms in total. The van der Waals surface area contributed by atoms with Gasteiger partial charge in [-0.15, -0.1) is 0 Å². The number of anilines is 1. The summed E-state index contributed by atoms with van der Waals surface area (Å²) in [6, 6.07) is 18.8. The normalized spacial score (nSPS) is 10.5. The topological polar surface area (TPSA) is 90.8 Å². The quantitative estimate of drug-likeness (QED) is 0.634. The van der Waals surface area contributed by atoms with Gasteiger partial charge in [0.25, 0.3) is 0 Å². The highest BCUT2D eigenvalue weighted by Gasteiger charge is 2.06. The average Bonchev–Trinajstić information content (AvgIpc) is 3.08. The van der Waals surface area contributed by atoms with Crippen LogP contribution in [0.3, 0.4) is 0 Å². The summed E-state index contributed by atoms with van der Waals surface area (Å²) in [7, 11) is 0. The lowest BCUT2D eigenvalue weighted by Crippen LogP contribution is -2.07. The van der Waals surface area contributed by atoms with Crippen molar-refractivity contribution in [3.63, 3.8) is 0 Å². The zero-order chi connectivity index (χ0) is 19.8. The van der Waals surface area contributed by atoms with Crippen molar-refractivity contribution in [1.82, 2.24) is 4.57 Å². The molecule has 0 fully saturated rings. The van der Waals surface area contributed by atoms with Crippen LogP contribution in [0.4, 0.5) is 5.69 Å². The van der Waals surface area contributed by atoms with Gasteiger partial charge < -0.3 is 14.6 Å². The van der Waals surface area contributed by atoms with Gasteiger partial charge >= 0.3 is 0 Å². The molecule has 0 atom stereocenters. The number of nitrogens with one attached hydrogen (secondary N) is 1. The first-order valence-electron chi connectivity index (χ1n) is 8.75. The van der Waals surface area contributed by atoms with Gasteiger partial charge in [0.1, 0.15) is 11.8 Å². The Bertz CT molecular complexity index is 1080. The van der Waals surface area contributed by atoms with Crippen LogP contribution in [0.15, 0.2) is 60.8 Å². The molecule has 2 aromatic carbocycles. The number of hydrogen-bond acceptors (Lipinski definition) is 4. The minimum absolute atomic E-state index is 0.0174. The van der Waals surface area contributed by atoms with E-state index in [1.165, 1.54) is 6.08 Å². The fourth-order valence-corrected chi connectivity index (χ4v) is 2.86. The summed E-state index contributed by atoms with van der Waals surface area (Å²) in [6.07, 6.45) is 5.63. The van der Waals surface area contributed by atoms with Crippen molar-refractivity contribution in [2.75, 3.05) is 11.9 Å². The molecule has 138 valence electrons. The number of benzene rings is 2. The molecule has 3 rings (SSSR count). The molecule has 28 heavy (non-hydrogen) atoms. The molecule has 0 aliphatic carbocycles. The maximum atomic E-state index is 12.2. The summed E-state index contributed by atoms with van der Waals surface area (Å²) in [5.74, 6) is 0.319. The molecule has 1 amide bonds. The summed E-state index contributed by atoms with van der Waals surface area (Å²) < 4.78 is 7.21. The molecule has 1 aromatic heterocycles. The second-order valence-corrected chi connectivity index (χ2v) is 6.00. The van der Waals surface area contributed by atoms with Gasteiger partial charge in [-0.25, -0.2) is 0 Å². The number of hydrogen-bond donors (Lipinski definition) is 1. The SMILES string of the molecule is N#CCCn1cc(/C=C/C(=O)Nc2ccc(OCC#N)cc2)c2ccccc21. The Kier molecular flexibility index (Phi) is 6.07. The standard InChI is InChI=1S/C22H18N4O2/c23-12-3-14-26-16-17(20-4-1-2-5-21(20)26)6-11-22(27)25-18-7-9-19(10-8-18)28-15-13-24/h1-2,4-11,16H,3,14-15H2,(H,25,27)/b11-6+. The summed E-state index contributed by atoms with van der Waals surface area (Å²) in [6.45, 7) is 0.591. The van der Waals surface area contributed by atoms with Gasteiger partial charge in [0.15, 0.2) is 6.61 Å². The Labute approximate surface area is 162 Å². The fraction of sp³-hybridized carbons (Fsp3) is 0.136. The third kappa shape index (κ3) is 4.57. The number of ether oxygens (including phenoxy) is 1. The van der Waals surface area contributed by atoms with Crippen molar-refractivity contribution >= 4 is 28.6 Å². The zero-order valence-corrected chi connectivity index (χ0v) is 15.1. The maximum absolute atomic E-state index is 12.2. The van der Waals surface area contributed by atoms with Crippen molar-refractivity contribution in [3.8, 4) is 17.9 Å². The van der Waals surface area contributed by atoms with Crippen molar-refractivity contribution in [2.24, 2.45) is 0 Å². The summed E-state index contributed by atoms with van der Waals surface area (Å²) in [4.78, 5) is 12.2. The monoisotopic (exact) mass is 370 g/mol. The molecule has 1 heterocycles. The van der Waals surface area contributed by atoms with Gasteiger partial charge in [0, 0.05) is 41.0 Å². The van der Waals surface area contributed by atoms with Crippen LogP contribution in [-0.4, -0.2) is 17.1 Å². The zero-order valence-electron chi connectivity index (χ0n) is 15.1. The lowest BCUT2D eigenvalue weighted by molar-refractivity contribution is -0.111. The molecule has 0 bridgehead atoms. The lowest BCUT2D eigenvalue weighted by Gasteiger charge is -2.04. The largest absolute Gasteiger partial charge is 0.479 e. The first-order valence-corrected chi connectivity index (χ1v) is 8.75. The van der Waals surface area contributed by atoms with E-state index in [4.69, 9.17) is 15.3 Å². The number of rotatable bonds is 7. The van der Waals surface area contributed by atoms with E-state index in [2.05, 4.69) is 11.4 Å². The van der Waals surface area contributed by atoms with Gasteiger partial charge in [-0.1, -0.05) is 18.2 Å². The van der Waals surface area contributed by atoms with Crippen LogP contribution >= 0.6 is 0 Å². The van der Waals surface area contributed by atoms with E-state index in [0.29, 0.717) is 24.4 Å². The average molecular weight is 370 g/mol. The van der Waals surface area contributed by atoms with Gasteiger partial charge in [-0.05, 0) is 36.4 Å². The number of carbonyl (C=O) groups excluding carboxylic acids is 1. The molecular formula is C22H18N4O2. The van der Waals surface area contributed by atoms with Crippen LogP contribution in [0.1, 0.15) is 12.0 Å². The van der Waals surface area contributed by atoms with Crippen molar-refractivity contribution < 1.29 is 9.53 Å². The van der Waals surface area contributed by atoms with Gasteiger partial charge in [0.2, 0.25) is 5.91 Å². The van der Waals surface area contributed by atoms with Crippen LogP contribution < -0.4 is 10.1 Å². The van der Waals surface area contributed by atoms with Crippen LogP contribution in [0.5, 0.6) is 5.75 Å².